The molecular formula is C30H27FN4O6. The third kappa shape index (κ3) is 6.19. The predicted molar refractivity (Wildman–Crippen MR) is 151 cm³/mol. The number of methoxy groups -OCH3 is 1. The summed E-state index contributed by atoms with van der Waals surface area (Å²) in [5.74, 6) is -0.618. The van der Waals surface area contributed by atoms with Crippen LogP contribution in [-0.4, -0.2) is 41.5 Å². The van der Waals surface area contributed by atoms with Crippen molar-refractivity contribution >= 4 is 45.7 Å². The fraction of sp³-hybridized carbons (Fsp3) is 0.200. The molecular weight excluding hydrogens is 531 g/mol. The topological polar surface area (TPSA) is 139 Å². The van der Waals surface area contributed by atoms with Crippen molar-refractivity contribution in [3.8, 4) is 17.2 Å². The van der Waals surface area contributed by atoms with Crippen LogP contribution in [-0.2, 0) is 14.4 Å². The third-order valence-corrected chi connectivity index (χ3v) is 6.74. The molecule has 0 spiro atoms. The Hall–Kier alpha value is -5.19. The van der Waals surface area contributed by atoms with Crippen molar-refractivity contribution in [1.82, 2.24) is 4.98 Å². The van der Waals surface area contributed by atoms with Gasteiger partial charge in [-0.25, -0.2) is 4.39 Å². The van der Waals surface area contributed by atoms with E-state index in [1.54, 1.807) is 48.7 Å². The van der Waals surface area contributed by atoms with Gasteiger partial charge in [0.2, 0.25) is 11.8 Å². The zero-order valence-corrected chi connectivity index (χ0v) is 22.1. The second-order valence-corrected chi connectivity index (χ2v) is 9.57. The monoisotopic (exact) mass is 558 g/mol. The Bertz CT molecular complexity index is 1600. The predicted octanol–water partition coefficient (Wildman–Crippen LogP) is 5.42. The van der Waals surface area contributed by atoms with E-state index in [0.29, 0.717) is 58.1 Å². The summed E-state index contributed by atoms with van der Waals surface area (Å²) in [6.07, 6.45) is 2.40. The van der Waals surface area contributed by atoms with Crippen molar-refractivity contribution in [1.29, 1.82) is 0 Å². The molecule has 1 aliphatic rings. The maximum atomic E-state index is 13.2. The lowest BCUT2D eigenvalue weighted by Gasteiger charge is -2.16. The molecule has 2 amide bonds. The van der Waals surface area contributed by atoms with Gasteiger partial charge in [-0.1, -0.05) is 0 Å². The molecule has 1 aliphatic carbocycles. The molecule has 0 bridgehead atoms. The molecule has 1 saturated carbocycles. The number of fused-ring (bicyclic) bond motifs is 1. The van der Waals surface area contributed by atoms with Gasteiger partial charge in [-0.15, -0.1) is 0 Å². The first-order chi connectivity index (χ1) is 19.8. The standard InChI is InChI=1S/C30H27FN4O6/c1-40-26-16-22-23(17-24(26)33-15-11-27(36)37)32-14-10-25(22)41-21-8-6-20(7-9-21)35-29(39)30(12-13-30)28(38)34-19-4-2-18(31)3-5-19/h2-10,14,16-17,33H,11-13,15H2,1H3,(H,34,38)(H,35,39)(H,36,37). The number of carboxylic acids is 1. The number of rotatable bonds is 11. The summed E-state index contributed by atoms with van der Waals surface area (Å²) in [4.78, 5) is 41.0. The zero-order valence-electron chi connectivity index (χ0n) is 22.1. The Labute approximate surface area is 234 Å². The van der Waals surface area contributed by atoms with Crippen LogP contribution in [0.25, 0.3) is 10.9 Å². The van der Waals surface area contributed by atoms with Gasteiger partial charge in [-0.2, -0.15) is 0 Å². The van der Waals surface area contributed by atoms with Crippen molar-refractivity contribution in [2.24, 2.45) is 5.41 Å². The number of hydrogen-bond acceptors (Lipinski definition) is 7. The Morgan fingerprint density at radius 2 is 1.56 bits per heavy atom. The number of ether oxygens (including phenoxy) is 2. The van der Waals surface area contributed by atoms with Crippen LogP contribution in [0.3, 0.4) is 0 Å². The number of carboxylic acid groups (broad SMARTS) is 1. The highest BCUT2D eigenvalue weighted by Crippen LogP contribution is 2.47. The smallest absolute Gasteiger partial charge is 0.305 e. The van der Waals surface area contributed by atoms with E-state index >= 15 is 0 Å². The number of nitrogens with one attached hydrogen (secondary N) is 3. The number of carbonyl (C=O) groups is 3. The van der Waals surface area contributed by atoms with Gasteiger partial charge in [0.15, 0.2) is 0 Å². The highest BCUT2D eigenvalue weighted by Gasteiger charge is 2.56. The Balaban J connectivity index is 1.25. The number of amides is 2. The molecule has 3 aromatic carbocycles. The maximum absolute atomic E-state index is 13.2. The molecule has 5 rings (SSSR count). The lowest BCUT2D eigenvalue weighted by Crippen LogP contribution is -2.35. The maximum Gasteiger partial charge on any atom is 0.305 e. The fourth-order valence-corrected chi connectivity index (χ4v) is 4.30. The van der Waals surface area contributed by atoms with Gasteiger partial charge in [-0.05, 0) is 79.6 Å². The number of anilines is 3. The molecule has 4 aromatic rings. The second-order valence-electron chi connectivity index (χ2n) is 9.57. The Morgan fingerprint density at radius 3 is 2.15 bits per heavy atom. The SMILES string of the molecule is COc1cc2c(Oc3ccc(NC(=O)C4(C(=O)Nc5ccc(F)cc5)CC4)cc3)ccnc2cc1NCCC(=O)O. The fourth-order valence-electron chi connectivity index (χ4n) is 4.30. The Morgan fingerprint density at radius 1 is 0.927 bits per heavy atom. The average Bonchev–Trinajstić information content (AvgIpc) is 3.77. The number of aliphatic carboxylic acids is 1. The van der Waals surface area contributed by atoms with Crippen molar-refractivity contribution in [2.45, 2.75) is 19.3 Å². The number of aromatic nitrogens is 1. The van der Waals surface area contributed by atoms with Crippen molar-refractivity contribution in [3.05, 3.63) is 78.7 Å². The number of carbonyl (C=O) groups excluding carboxylic acids is 2. The van der Waals surface area contributed by atoms with E-state index < -0.39 is 29.0 Å². The summed E-state index contributed by atoms with van der Waals surface area (Å²) >= 11 is 0. The van der Waals surface area contributed by atoms with Crippen LogP contribution in [0.5, 0.6) is 17.2 Å². The molecule has 4 N–H and O–H groups in total. The number of benzene rings is 3. The van der Waals surface area contributed by atoms with Crippen LogP contribution in [0, 0.1) is 11.2 Å². The molecule has 1 fully saturated rings. The summed E-state index contributed by atoms with van der Waals surface area (Å²) in [6.45, 7) is 0.232. The lowest BCUT2D eigenvalue weighted by atomic mass is 10.0. The van der Waals surface area contributed by atoms with Crippen LogP contribution >= 0.6 is 0 Å². The first-order valence-electron chi connectivity index (χ1n) is 12.9. The molecule has 0 aliphatic heterocycles. The van der Waals surface area contributed by atoms with Gasteiger partial charge in [0, 0.05) is 29.5 Å². The summed E-state index contributed by atoms with van der Waals surface area (Å²) in [6, 6.07) is 17.4. The molecule has 0 unspecified atom stereocenters. The minimum atomic E-state index is -1.17. The molecule has 1 heterocycles. The number of halogens is 1. The van der Waals surface area contributed by atoms with Gasteiger partial charge in [0.1, 0.15) is 28.5 Å². The number of nitrogens with zero attached hydrogens (tertiary/aromatic N) is 1. The average molecular weight is 559 g/mol. The molecule has 0 radical (unpaired) electrons. The van der Waals surface area contributed by atoms with E-state index in [0.717, 1.165) is 0 Å². The zero-order chi connectivity index (χ0) is 29.0. The molecule has 11 heteroatoms. The highest BCUT2D eigenvalue weighted by atomic mass is 19.1. The van der Waals surface area contributed by atoms with Gasteiger partial charge >= 0.3 is 5.97 Å². The minimum absolute atomic E-state index is 0.0433. The normalized spacial score (nSPS) is 13.2. The van der Waals surface area contributed by atoms with Gasteiger partial charge < -0.3 is 30.5 Å². The first kappa shape index (κ1) is 27.4. The van der Waals surface area contributed by atoms with Crippen molar-refractivity contribution in [2.75, 3.05) is 29.6 Å². The van der Waals surface area contributed by atoms with E-state index in [2.05, 4.69) is 20.9 Å². The summed E-state index contributed by atoms with van der Waals surface area (Å²) < 4.78 is 24.7. The molecule has 210 valence electrons. The molecule has 0 saturated heterocycles. The van der Waals surface area contributed by atoms with E-state index in [1.165, 1.54) is 31.4 Å². The molecule has 41 heavy (non-hydrogen) atoms. The molecule has 0 atom stereocenters. The summed E-state index contributed by atoms with van der Waals surface area (Å²) in [7, 11) is 1.52. The van der Waals surface area contributed by atoms with Crippen LogP contribution in [0.1, 0.15) is 19.3 Å². The number of pyridine rings is 1. The highest BCUT2D eigenvalue weighted by molar-refractivity contribution is 6.16. The van der Waals surface area contributed by atoms with Crippen molar-refractivity contribution < 1.29 is 33.4 Å². The Kier molecular flexibility index (Phi) is 7.68. The minimum Gasteiger partial charge on any atom is -0.495 e. The van der Waals surface area contributed by atoms with Gasteiger partial charge in [-0.3, -0.25) is 19.4 Å². The summed E-state index contributed by atoms with van der Waals surface area (Å²) in [5, 5.41) is 18.1. The van der Waals surface area contributed by atoms with Crippen LogP contribution < -0.4 is 25.4 Å². The van der Waals surface area contributed by atoms with Crippen LogP contribution in [0.15, 0.2) is 72.9 Å². The van der Waals surface area contributed by atoms with Crippen molar-refractivity contribution in [3.63, 3.8) is 0 Å². The van der Waals surface area contributed by atoms with E-state index in [9.17, 15) is 18.8 Å². The van der Waals surface area contributed by atoms with Gasteiger partial charge in [0.25, 0.3) is 0 Å². The summed E-state index contributed by atoms with van der Waals surface area (Å²) in [5.41, 5.74) is 0.995. The lowest BCUT2D eigenvalue weighted by molar-refractivity contribution is -0.136. The molecule has 1 aromatic heterocycles. The van der Waals surface area contributed by atoms with Gasteiger partial charge in [0.05, 0.1) is 24.7 Å². The number of hydrogen-bond donors (Lipinski definition) is 4. The second kappa shape index (κ2) is 11.5. The molecule has 10 nitrogen and oxygen atoms in total. The van der Waals surface area contributed by atoms with Crippen LogP contribution in [0.4, 0.5) is 21.5 Å². The van der Waals surface area contributed by atoms with Crippen LogP contribution in [0.2, 0.25) is 0 Å². The quantitative estimate of drug-likeness (QED) is 0.179. The van der Waals surface area contributed by atoms with E-state index in [1.807, 2.05) is 0 Å². The van der Waals surface area contributed by atoms with E-state index in [4.69, 9.17) is 14.6 Å². The largest absolute Gasteiger partial charge is 0.495 e. The third-order valence-electron chi connectivity index (χ3n) is 6.74. The first-order valence-corrected chi connectivity index (χ1v) is 12.9. The van der Waals surface area contributed by atoms with E-state index in [-0.39, 0.29) is 13.0 Å².